The van der Waals surface area contributed by atoms with E-state index in [1.807, 2.05) is 6.07 Å². The molecule has 0 amide bonds. The van der Waals surface area contributed by atoms with Gasteiger partial charge in [-0.3, -0.25) is 0 Å². The number of hydrogen-bond donors (Lipinski definition) is 1. The summed E-state index contributed by atoms with van der Waals surface area (Å²) in [5, 5.41) is 0. The molecule has 0 saturated heterocycles. The molecule has 0 bridgehead atoms. The van der Waals surface area contributed by atoms with E-state index >= 15 is 0 Å². The minimum atomic E-state index is -0.277. The second-order valence-electron chi connectivity index (χ2n) is 2.72. The van der Waals surface area contributed by atoms with Gasteiger partial charge in [0.2, 0.25) is 0 Å². The summed E-state index contributed by atoms with van der Waals surface area (Å²) in [6.45, 7) is 5.28. The van der Waals surface area contributed by atoms with Crippen LogP contribution >= 0.6 is 12.4 Å². The first kappa shape index (κ1) is 12.1. The van der Waals surface area contributed by atoms with Crippen molar-refractivity contribution in [2.75, 3.05) is 0 Å². The second-order valence-corrected chi connectivity index (χ2v) is 2.72. The van der Waals surface area contributed by atoms with Crippen molar-refractivity contribution >= 4 is 12.4 Å². The highest BCUT2D eigenvalue weighted by molar-refractivity contribution is 5.85. The minimum absolute atomic E-state index is 0. The van der Waals surface area contributed by atoms with Gasteiger partial charge in [0.25, 0.3) is 0 Å². The molecule has 2 N–H and O–H groups in total. The predicted octanol–water partition coefficient (Wildman–Crippen LogP) is 2.74. The Hall–Kier alpha value is -0.860. The molecular formula is C10H13ClFN. The summed E-state index contributed by atoms with van der Waals surface area (Å²) < 4.78 is 13.0. The molecule has 1 rings (SSSR count). The summed E-state index contributed by atoms with van der Waals surface area (Å²) in [4.78, 5) is 0. The third-order valence-corrected chi connectivity index (χ3v) is 1.92. The maximum Gasteiger partial charge on any atom is 0.126 e. The Balaban J connectivity index is 0.00000144. The highest BCUT2D eigenvalue weighted by Gasteiger charge is 2.07. The number of halogens is 2. The molecule has 1 atom stereocenters. The molecule has 1 aromatic carbocycles. The summed E-state index contributed by atoms with van der Waals surface area (Å²) in [6.07, 6.45) is 1.60. The number of benzene rings is 1. The Bertz CT molecular complexity index is 299. The normalized spacial score (nSPS) is 11.6. The van der Waals surface area contributed by atoms with Crippen LogP contribution in [-0.4, -0.2) is 0 Å². The van der Waals surface area contributed by atoms with Crippen molar-refractivity contribution in [3.8, 4) is 0 Å². The Morgan fingerprint density at radius 1 is 1.54 bits per heavy atom. The van der Waals surface area contributed by atoms with Gasteiger partial charge in [-0.05, 0) is 24.1 Å². The molecule has 0 aliphatic heterocycles. The van der Waals surface area contributed by atoms with Crippen LogP contribution in [0.25, 0.3) is 0 Å². The monoisotopic (exact) mass is 201 g/mol. The van der Waals surface area contributed by atoms with Gasteiger partial charge in [0, 0.05) is 6.04 Å². The molecular weight excluding hydrogens is 189 g/mol. The zero-order valence-electron chi connectivity index (χ0n) is 7.46. The van der Waals surface area contributed by atoms with Gasteiger partial charge in [-0.25, -0.2) is 4.39 Å². The number of hydrogen-bond acceptors (Lipinski definition) is 1. The van der Waals surface area contributed by atoms with E-state index in [-0.39, 0.29) is 24.3 Å². The van der Waals surface area contributed by atoms with Crippen molar-refractivity contribution < 1.29 is 4.39 Å². The fraction of sp³-hybridized carbons (Fsp3) is 0.200. The third kappa shape index (κ3) is 2.54. The summed E-state index contributed by atoms with van der Waals surface area (Å²) in [6, 6.07) is 4.61. The van der Waals surface area contributed by atoms with Gasteiger partial charge in [-0.1, -0.05) is 18.2 Å². The quantitative estimate of drug-likeness (QED) is 0.732. The molecule has 0 unspecified atom stereocenters. The Labute approximate surface area is 83.9 Å². The molecule has 1 nitrogen and oxygen atoms in total. The van der Waals surface area contributed by atoms with E-state index < -0.39 is 0 Å². The molecule has 0 radical (unpaired) electrons. The van der Waals surface area contributed by atoms with Gasteiger partial charge < -0.3 is 5.73 Å². The molecule has 0 aromatic heterocycles. The number of rotatable bonds is 2. The van der Waals surface area contributed by atoms with Gasteiger partial charge in [0.15, 0.2) is 0 Å². The molecule has 0 saturated carbocycles. The van der Waals surface area contributed by atoms with E-state index in [2.05, 4.69) is 6.58 Å². The van der Waals surface area contributed by atoms with E-state index in [4.69, 9.17) is 5.73 Å². The van der Waals surface area contributed by atoms with Crippen LogP contribution in [0, 0.1) is 12.7 Å². The molecule has 1 aromatic rings. The van der Waals surface area contributed by atoms with Gasteiger partial charge in [-0.2, -0.15) is 0 Å². The van der Waals surface area contributed by atoms with Crippen LogP contribution in [0.1, 0.15) is 17.2 Å². The fourth-order valence-electron chi connectivity index (χ4n) is 1.11. The van der Waals surface area contributed by atoms with Crippen LogP contribution in [0.5, 0.6) is 0 Å². The summed E-state index contributed by atoms with van der Waals surface area (Å²) in [5.74, 6) is -0.218. The Kier molecular flexibility index (Phi) is 4.67. The Morgan fingerprint density at radius 3 is 2.69 bits per heavy atom. The SMILES string of the molecule is C=C[C@H](N)c1cccc(F)c1C.Cl. The van der Waals surface area contributed by atoms with E-state index in [0.717, 1.165) is 5.56 Å². The molecule has 0 aliphatic rings. The van der Waals surface area contributed by atoms with Crippen LogP contribution in [0.3, 0.4) is 0 Å². The van der Waals surface area contributed by atoms with Crippen LogP contribution in [0.2, 0.25) is 0 Å². The van der Waals surface area contributed by atoms with Gasteiger partial charge >= 0.3 is 0 Å². The largest absolute Gasteiger partial charge is 0.321 e. The van der Waals surface area contributed by atoms with Gasteiger partial charge in [0.1, 0.15) is 5.82 Å². The lowest BCUT2D eigenvalue weighted by atomic mass is 10.0. The molecule has 0 fully saturated rings. The summed E-state index contributed by atoms with van der Waals surface area (Å²) in [5.41, 5.74) is 7.08. The average Bonchev–Trinajstić information content (AvgIpc) is 2.08. The van der Waals surface area contributed by atoms with Crippen molar-refractivity contribution in [1.82, 2.24) is 0 Å². The highest BCUT2D eigenvalue weighted by atomic mass is 35.5. The maximum atomic E-state index is 13.0. The van der Waals surface area contributed by atoms with Crippen molar-refractivity contribution in [3.05, 3.63) is 47.8 Å². The lowest BCUT2D eigenvalue weighted by Crippen LogP contribution is -2.08. The van der Waals surface area contributed by atoms with Crippen molar-refractivity contribution in [3.63, 3.8) is 0 Å². The summed E-state index contributed by atoms with van der Waals surface area (Å²) >= 11 is 0. The number of nitrogens with two attached hydrogens (primary N) is 1. The van der Waals surface area contributed by atoms with E-state index in [1.54, 1.807) is 19.1 Å². The fourth-order valence-corrected chi connectivity index (χ4v) is 1.11. The van der Waals surface area contributed by atoms with Crippen LogP contribution in [0.4, 0.5) is 4.39 Å². The predicted molar refractivity (Wildman–Crippen MR) is 55.5 cm³/mol. The second kappa shape index (κ2) is 5.00. The van der Waals surface area contributed by atoms with E-state index in [9.17, 15) is 4.39 Å². The van der Waals surface area contributed by atoms with E-state index in [1.165, 1.54) is 6.07 Å². The maximum absolute atomic E-state index is 13.0. The Morgan fingerprint density at radius 2 is 2.15 bits per heavy atom. The molecule has 0 heterocycles. The molecule has 0 aliphatic carbocycles. The topological polar surface area (TPSA) is 26.0 Å². The summed E-state index contributed by atoms with van der Waals surface area (Å²) in [7, 11) is 0. The molecule has 0 spiro atoms. The average molecular weight is 202 g/mol. The molecule has 72 valence electrons. The lowest BCUT2D eigenvalue weighted by molar-refractivity contribution is 0.613. The van der Waals surface area contributed by atoms with Gasteiger partial charge in [0.05, 0.1) is 0 Å². The van der Waals surface area contributed by atoms with Crippen LogP contribution in [-0.2, 0) is 0 Å². The van der Waals surface area contributed by atoms with Crippen molar-refractivity contribution in [1.29, 1.82) is 0 Å². The third-order valence-electron chi connectivity index (χ3n) is 1.92. The first-order valence-electron chi connectivity index (χ1n) is 3.80. The van der Waals surface area contributed by atoms with E-state index in [0.29, 0.717) is 5.56 Å². The smallest absolute Gasteiger partial charge is 0.126 e. The van der Waals surface area contributed by atoms with Gasteiger partial charge in [-0.15, -0.1) is 19.0 Å². The molecule has 3 heteroatoms. The zero-order valence-corrected chi connectivity index (χ0v) is 8.27. The molecule has 13 heavy (non-hydrogen) atoms. The van der Waals surface area contributed by atoms with Crippen LogP contribution < -0.4 is 5.73 Å². The highest BCUT2D eigenvalue weighted by Crippen LogP contribution is 2.18. The lowest BCUT2D eigenvalue weighted by Gasteiger charge is -2.10. The zero-order chi connectivity index (χ0) is 9.14. The standard InChI is InChI=1S/C10H12FN.ClH/c1-3-10(12)8-5-4-6-9(11)7(8)2;/h3-6,10H,1,12H2,2H3;1H/t10-;/m0./s1. The first-order chi connectivity index (χ1) is 5.66. The van der Waals surface area contributed by atoms with Crippen LogP contribution in [0.15, 0.2) is 30.9 Å². The first-order valence-corrected chi connectivity index (χ1v) is 3.80. The van der Waals surface area contributed by atoms with Crippen molar-refractivity contribution in [2.24, 2.45) is 5.73 Å². The minimum Gasteiger partial charge on any atom is -0.321 e. The van der Waals surface area contributed by atoms with Crippen molar-refractivity contribution in [2.45, 2.75) is 13.0 Å².